The number of aromatic nitrogens is 1. The predicted molar refractivity (Wildman–Crippen MR) is 87.9 cm³/mol. The van der Waals surface area contributed by atoms with Gasteiger partial charge in [-0.3, -0.25) is 4.79 Å². The van der Waals surface area contributed by atoms with Crippen LogP contribution in [0.25, 0.3) is 0 Å². The van der Waals surface area contributed by atoms with E-state index in [2.05, 4.69) is 4.98 Å². The number of nitrogens with one attached hydrogen (secondary N) is 1. The summed E-state index contributed by atoms with van der Waals surface area (Å²) in [6.45, 7) is 3.80. The molecule has 4 heterocycles. The first-order valence-corrected chi connectivity index (χ1v) is 9.07. The first-order valence-electron chi connectivity index (χ1n) is 9.07. The highest BCUT2D eigenvalue weighted by molar-refractivity contribution is 5.94. The topological polar surface area (TPSA) is 63.8 Å². The SMILES string of the molecule is O=C(c1cc[nH]c1)N1C[C@H](OCC2CCOCC2)[C@H]2OCCC[C@H]21. The van der Waals surface area contributed by atoms with Gasteiger partial charge in [0.1, 0.15) is 12.2 Å². The first-order chi connectivity index (χ1) is 11.8. The summed E-state index contributed by atoms with van der Waals surface area (Å²) >= 11 is 0. The van der Waals surface area contributed by atoms with Crippen LogP contribution in [0.1, 0.15) is 36.0 Å². The van der Waals surface area contributed by atoms with Crippen LogP contribution in [0, 0.1) is 5.92 Å². The van der Waals surface area contributed by atoms with E-state index in [1.54, 1.807) is 12.4 Å². The Morgan fingerprint density at radius 2 is 2.17 bits per heavy atom. The van der Waals surface area contributed by atoms with Gasteiger partial charge < -0.3 is 24.1 Å². The van der Waals surface area contributed by atoms with Crippen molar-refractivity contribution in [3.05, 3.63) is 24.0 Å². The van der Waals surface area contributed by atoms with Gasteiger partial charge in [0.2, 0.25) is 0 Å². The minimum absolute atomic E-state index is 0.0129. The number of fused-ring (bicyclic) bond motifs is 1. The highest BCUT2D eigenvalue weighted by atomic mass is 16.5. The lowest BCUT2D eigenvalue weighted by Gasteiger charge is -2.32. The van der Waals surface area contributed by atoms with E-state index >= 15 is 0 Å². The molecule has 6 heteroatoms. The summed E-state index contributed by atoms with van der Waals surface area (Å²) in [4.78, 5) is 17.7. The fourth-order valence-corrected chi connectivity index (χ4v) is 4.09. The Balaban J connectivity index is 1.42. The second-order valence-electron chi connectivity index (χ2n) is 7.03. The molecule has 3 aliphatic rings. The third kappa shape index (κ3) is 3.23. The van der Waals surface area contributed by atoms with E-state index in [0.29, 0.717) is 18.0 Å². The van der Waals surface area contributed by atoms with Crippen molar-refractivity contribution >= 4 is 5.91 Å². The van der Waals surface area contributed by atoms with Crippen LogP contribution < -0.4 is 0 Å². The quantitative estimate of drug-likeness (QED) is 0.912. The number of rotatable bonds is 4. The molecule has 132 valence electrons. The molecule has 1 amide bonds. The molecule has 3 fully saturated rings. The zero-order valence-electron chi connectivity index (χ0n) is 14.0. The highest BCUT2D eigenvalue weighted by Crippen LogP contribution is 2.32. The Bertz CT molecular complexity index is 541. The molecule has 0 bridgehead atoms. The van der Waals surface area contributed by atoms with E-state index in [4.69, 9.17) is 14.2 Å². The number of H-pyrrole nitrogens is 1. The van der Waals surface area contributed by atoms with Crippen molar-refractivity contribution in [2.75, 3.05) is 33.0 Å². The maximum atomic E-state index is 12.8. The monoisotopic (exact) mass is 334 g/mol. The Morgan fingerprint density at radius 1 is 1.29 bits per heavy atom. The van der Waals surface area contributed by atoms with Crippen LogP contribution in [-0.4, -0.2) is 67.0 Å². The fourth-order valence-electron chi connectivity index (χ4n) is 4.09. The van der Waals surface area contributed by atoms with E-state index < -0.39 is 0 Å². The second-order valence-corrected chi connectivity index (χ2v) is 7.03. The molecular formula is C18H26N2O4. The summed E-state index contributed by atoms with van der Waals surface area (Å²) in [5.41, 5.74) is 0.712. The molecule has 3 saturated heterocycles. The van der Waals surface area contributed by atoms with Crippen molar-refractivity contribution in [3.8, 4) is 0 Å². The summed E-state index contributed by atoms with van der Waals surface area (Å²) in [7, 11) is 0. The molecule has 0 aromatic carbocycles. The van der Waals surface area contributed by atoms with Gasteiger partial charge in [-0.15, -0.1) is 0 Å². The lowest BCUT2D eigenvalue weighted by molar-refractivity contribution is -0.0886. The molecule has 0 radical (unpaired) electrons. The van der Waals surface area contributed by atoms with Gasteiger partial charge in [-0.2, -0.15) is 0 Å². The summed E-state index contributed by atoms with van der Waals surface area (Å²) in [5, 5.41) is 0. The van der Waals surface area contributed by atoms with Crippen molar-refractivity contribution in [2.24, 2.45) is 5.92 Å². The van der Waals surface area contributed by atoms with E-state index in [0.717, 1.165) is 52.1 Å². The number of likely N-dealkylation sites (tertiary alicyclic amines) is 1. The zero-order chi connectivity index (χ0) is 16.4. The number of carbonyl (C=O) groups excluding carboxylic acids is 1. The smallest absolute Gasteiger partial charge is 0.255 e. The van der Waals surface area contributed by atoms with Crippen molar-refractivity contribution in [1.82, 2.24) is 9.88 Å². The summed E-state index contributed by atoms with van der Waals surface area (Å²) in [6, 6.07) is 1.97. The van der Waals surface area contributed by atoms with Crippen LogP contribution in [0.15, 0.2) is 18.5 Å². The number of hydrogen-bond donors (Lipinski definition) is 1. The molecule has 0 aliphatic carbocycles. The number of carbonyl (C=O) groups is 1. The van der Waals surface area contributed by atoms with Gasteiger partial charge in [0.15, 0.2) is 0 Å². The van der Waals surface area contributed by atoms with Gasteiger partial charge in [0.25, 0.3) is 5.91 Å². The molecule has 4 rings (SSSR count). The molecule has 24 heavy (non-hydrogen) atoms. The number of aromatic amines is 1. The Morgan fingerprint density at radius 3 is 2.96 bits per heavy atom. The number of ether oxygens (including phenoxy) is 3. The van der Waals surface area contributed by atoms with Crippen molar-refractivity contribution < 1.29 is 19.0 Å². The first kappa shape index (κ1) is 16.1. The zero-order valence-corrected chi connectivity index (χ0v) is 14.0. The van der Waals surface area contributed by atoms with Crippen LogP contribution >= 0.6 is 0 Å². The van der Waals surface area contributed by atoms with E-state index in [9.17, 15) is 4.79 Å². The normalized spacial score (nSPS) is 31.2. The summed E-state index contributed by atoms with van der Waals surface area (Å²) in [6.07, 6.45) is 7.68. The van der Waals surface area contributed by atoms with Crippen LogP contribution in [0.2, 0.25) is 0 Å². The van der Waals surface area contributed by atoms with E-state index in [-0.39, 0.29) is 24.2 Å². The fraction of sp³-hybridized carbons (Fsp3) is 0.722. The number of hydrogen-bond acceptors (Lipinski definition) is 4. The molecule has 0 spiro atoms. The average Bonchev–Trinajstić information content (AvgIpc) is 3.29. The van der Waals surface area contributed by atoms with Gasteiger partial charge in [0.05, 0.1) is 24.8 Å². The number of amides is 1. The minimum atomic E-state index is -0.0129. The third-order valence-corrected chi connectivity index (χ3v) is 5.47. The molecule has 1 aromatic rings. The van der Waals surface area contributed by atoms with Gasteiger partial charge in [-0.05, 0) is 37.7 Å². The minimum Gasteiger partial charge on any atom is -0.381 e. The van der Waals surface area contributed by atoms with Crippen LogP contribution in [0.4, 0.5) is 0 Å². The molecule has 1 aromatic heterocycles. The second kappa shape index (κ2) is 7.25. The van der Waals surface area contributed by atoms with Crippen molar-refractivity contribution in [3.63, 3.8) is 0 Å². The summed E-state index contributed by atoms with van der Waals surface area (Å²) < 4.78 is 17.6. The van der Waals surface area contributed by atoms with Crippen molar-refractivity contribution in [1.29, 1.82) is 0 Å². The van der Waals surface area contributed by atoms with Gasteiger partial charge in [0, 0.05) is 32.2 Å². The lowest BCUT2D eigenvalue weighted by Crippen LogP contribution is -2.44. The molecule has 6 nitrogen and oxygen atoms in total. The largest absolute Gasteiger partial charge is 0.381 e. The molecule has 3 atom stereocenters. The van der Waals surface area contributed by atoms with Gasteiger partial charge >= 0.3 is 0 Å². The maximum absolute atomic E-state index is 12.8. The molecular weight excluding hydrogens is 308 g/mol. The predicted octanol–water partition coefficient (Wildman–Crippen LogP) is 1.83. The van der Waals surface area contributed by atoms with Crippen LogP contribution in [-0.2, 0) is 14.2 Å². The van der Waals surface area contributed by atoms with Gasteiger partial charge in [-0.25, -0.2) is 0 Å². The standard InChI is InChI=1S/C18H26N2O4/c21-18(14-3-6-19-10-14)20-11-16(17-15(20)2-1-7-23-17)24-12-13-4-8-22-9-5-13/h3,6,10,13,15-17,19H,1-2,4-5,7-9,11-12H2/t15-,16+,17+/m1/s1. The Labute approximate surface area is 142 Å². The van der Waals surface area contributed by atoms with Crippen molar-refractivity contribution in [2.45, 2.75) is 43.9 Å². The molecule has 3 aliphatic heterocycles. The Hall–Kier alpha value is -1.37. The van der Waals surface area contributed by atoms with Gasteiger partial charge in [-0.1, -0.05) is 0 Å². The molecule has 0 saturated carbocycles. The van der Waals surface area contributed by atoms with Crippen LogP contribution in [0.3, 0.4) is 0 Å². The molecule has 0 unspecified atom stereocenters. The molecule has 1 N–H and O–H groups in total. The maximum Gasteiger partial charge on any atom is 0.255 e. The van der Waals surface area contributed by atoms with E-state index in [1.165, 1.54) is 0 Å². The average molecular weight is 334 g/mol. The Kier molecular flexibility index (Phi) is 4.87. The number of nitrogens with zero attached hydrogens (tertiary/aromatic N) is 1. The summed E-state index contributed by atoms with van der Waals surface area (Å²) in [5.74, 6) is 0.643. The van der Waals surface area contributed by atoms with Crippen LogP contribution in [0.5, 0.6) is 0 Å². The highest BCUT2D eigenvalue weighted by Gasteiger charge is 2.47. The van der Waals surface area contributed by atoms with E-state index in [1.807, 2.05) is 11.0 Å². The lowest BCUT2D eigenvalue weighted by atomic mass is 10.0. The third-order valence-electron chi connectivity index (χ3n) is 5.47.